The number of amides is 1. The van der Waals surface area contributed by atoms with Crippen molar-refractivity contribution in [3.8, 4) is 11.1 Å². The average Bonchev–Trinajstić information content (AvgIpc) is 3.23. The number of nitrogens with zero attached hydrogens (tertiary/aromatic N) is 5. The van der Waals surface area contributed by atoms with Crippen molar-refractivity contribution in [2.45, 2.75) is 19.1 Å². The number of nitrogens with one attached hydrogen (secondary N) is 2. The van der Waals surface area contributed by atoms with Gasteiger partial charge in [-0.3, -0.25) is 14.5 Å². The first-order valence-electron chi connectivity index (χ1n) is 10.2. The Labute approximate surface area is 192 Å². The summed E-state index contributed by atoms with van der Waals surface area (Å²) in [6.07, 6.45) is 3.59. The van der Waals surface area contributed by atoms with Crippen LogP contribution in [0.5, 0.6) is 0 Å². The van der Waals surface area contributed by atoms with Crippen LogP contribution in [0.25, 0.3) is 11.1 Å². The molecule has 174 valence electrons. The lowest BCUT2D eigenvalue weighted by Gasteiger charge is -2.12. The fourth-order valence-electron chi connectivity index (χ4n) is 3.24. The zero-order valence-corrected chi connectivity index (χ0v) is 18.0. The molecule has 0 aliphatic heterocycles. The van der Waals surface area contributed by atoms with Gasteiger partial charge in [0.25, 0.3) is 0 Å². The van der Waals surface area contributed by atoms with Crippen molar-refractivity contribution < 1.29 is 18.0 Å². The summed E-state index contributed by atoms with van der Waals surface area (Å²) in [6.45, 7) is -0.302. The van der Waals surface area contributed by atoms with E-state index in [0.717, 1.165) is 22.9 Å². The first kappa shape index (κ1) is 22.9. The van der Waals surface area contributed by atoms with Gasteiger partial charge in [0.05, 0.1) is 36.1 Å². The predicted octanol–water partition coefficient (Wildman–Crippen LogP) is 3.89. The van der Waals surface area contributed by atoms with Crippen molar-refractivity contribution in [1.29, 1.82) is 0 Å². The molecule has 0 saturated heterocycles. The first-order chi connectivity index (χ1) is 16.3. The topological polar surface area (TPSA) is 97.6 Å². The number of carbonyl (C=O) groups excluding carboxylic acids is 1. The quantitative estimate of drug-likeness (QED) is 0.428. The summed E-state index contributed by atoms with van der Waals surface area (Å²) >= 11 is 0. The van der Waals surface area contributed by atoms with Gasteiger partial charge in [-0.2, -0.15) is 18.3 Å². The minimum atomic E-state index is -4.53. The van der Waals surface area contributed by atoms with Crippen LogP contribution in [0.15, 0.2) is 67.4 Å². The van der Waals surface area contributed by atoms with Gasteiger partial charge in [-0.05, 0) is 23.3 Å². The Morgan fingerprint density at radius 1 is 1.00 bits per heavy atom. The number of pyridine rings is 1. The monoisotopic (exact) mass is 467 g/mol. The van der Waals surface area contributed by atoms with Gasteiger partial charge in [0.15, 0.2) is 0 Å². The van der Waals surface area contributed by atoms with E-state index >= 15 is 0 Å². The SMILES string of the molecule is Cn1cc(Nc2ncc(-c3ccc(CC(=O)NCc4ncccc4C(F)(F)F)cc3)cn2)cn1. The highest BCUT2D eigenvalue weighted by atomic mass is 19.4. The second-order valence-corrected chi connectivity index (χ2v) is 7.47. The summed E-state index contributed by atoms with van der Waals surface area (Å²) in [5, 5.41) is 9.62. The number of benzene rings is 1. The minimum absolute atomic E-state index is 0.0267. The molecular formula is C23H20F3N7O. The number of rotatable bonds is 7. The molecule has 0 unspecified atom stereocenters. The summed E-state index contributed by atoms with van der Waals surface area (Å²) < 4.78 is 40.8. The summed E-state index contributed by atoms with van der Waals surface area (Å²) in [6, 6.07) is 9.37. The normalized spacial score (nSPS) is 11.3. The second kappa shape index (κ2) is 9.69. The third kappa shape index (κ3) is 5.74. The van der Waals surface area contributed by atoms with Crippen molar-refractivity contribution in [2.75, 3.05) is 5.32 Å². The highest BCUT2D eigenvalue weighted by Crippen LogP contribution is 2.30. The maximum Gasteiger partial charge on any atom is 0.418 e. The molecule has 4 rings (SSSR count). The molecule has 1 amide bonds. The molecule has 2 N–H and O–H groups in total. The maximum atomic E-state index is 13.1. The molecule has 0 radical (unpaired) electrons. The van der Waals surface area contributed by atoms with E-state index in [4.69, 9.17) is 0 Å². The van der Waals surface area contributed by atoms with Crippen LogP contribution in [0.3, 0.4) is 0 Å². The molecule has 0 saturated carbocycles. The lowest BCUT2D eigenvalue weighted by atomic mass is 10.0. The molecule has 11 heteroatoms. The highest BCUT2D eigenvalue weighted by molar-refractivity contribution is 5.78. The molecule has 0 aliphatic carbocycles. The van der Waals surface area contributed by atoms with Crippen LogP contribution >= 0.6 is 0 Å². The van der Waals surface area contributed by atoms with Gasteiger partial charge >= 0.3 is 6.18 Å². The van der Waals surface area contributed by atoms with Crippen LogP contribution in [0.1, 0.15) is 16.8 Å². The smallest absolute Gasteiger partial charge is 0.350 e. The summed E-state index contributed by atoms with van der Waals surface area (Å²) in [7, 11) is 1.81. The van der Waals surface area contributed by atoms with Crippen molar-refractivity contribution in [1.82, 2.24) is 30.0 Å². The third-order valence-corrected chi connectivity index (χ3v) is 4.91. The fourth-order valence-corrected chi connectivity index (χ4v) is 3.24. The van der Waals surface area contributed by atoms with E-state index in [9.17, 15) is 18.0 Å². The van der Waals surface area contributed by atoms with E-state index in [1.165, 1.54) is 12.3 Å². The van der Waals surface area contributed by atoms with E-state index in [1.54, 1.807) is 41.6 Å². The average molecular weight is 467 g/mol. The van der Waals surface area contributed by atoms with Crippen molar-refractivity contribution >= 4 is 17.5 Å². The highest BCUT2D eigenvalue weighted by Gasteiger charge is 2.33. The number of hydrogen-bond donors (Lipinski definition) is 2. The number of anilines is 2. The fraction of sp³-hybridized carbons (Fsp3) is 0.174. The Balaban J connectivity index is 1.33. The Hall–Kier alpha value is -4.28. The lowest BCUT2D eigenvalue weighted by molar-refractivity contribution is -0.138. The van der Waals surface area contributed by atoms with Crippen LogP contribution < -0.4 is 10.6 Å². The zero-order chi connectivity index (χ0) is 24.1. The number of halogens is 3. The van der Waals surface area contributed by atoms with Crippen LogP contribution in [0, 0.1) is 0 Å². The molecular weight excluding hydrogens is 447 g/mol. The van der Waals surface area contributed by atoms with E-state index in [0.29, 0.717) is 11.5 Å². The van der Waals surface area contributed by atoms with Crippen molar-refractivity contribution in [3.63, 3.8) is 0 Å². The molecule has 0 spiro atoms. The Morgan fingerprint density at radius 2 is 1.74 bits per heavy atom. The van der Waals surface area contributed by atoms with Gasteiger partial charge < -0.3 is 10.6 Å². The van der Waals surface area contributed by atoms with Gasteiger partial charge in [-0.1, -0.05) is 24.3 Å². The number of hydrogen-bond acceptors (Lipinski definition) is 6. The van der Waals surface area contributed by atoms with E-state index in [1.807, 2.05) is 19.2 Å². The Morgan fingerprint density at radius 3 is 2.38 bits per heavy atom. The van der Waals surface area contributed by atoms with Gasteiger partial charge in [0.1, 0.15) is 0 Å². The van der Waals surface area contributed by atoms with Gasteiger partial charge in [-0.25, -0.2) is 9.97 Å². The molecule has 0 fully saturated rings. The van der Waals surface area contributed by atoms with Crippen LogP contribution in [0.4, 0.5) is 24.8 Å². The van der Waals surface area contributed by atoms with Crippen LogP contribution in [-0.2, 0) is 31.0 Å². The van der Waals surface area contributed by atoms with E-state index in [-0.39, 0.29) is 18.7 Å². The first-order valence-corrected chi connectivity index (χ1v) is 10.2. The molecule has 3 aromatic heterocycles. The minimum Gasteiger partial charge on any atom is -0.350 e. The molecule has 34 heavy (non-hydrogen) atoms. The Kier molecular flexibility index (Phi) is 6.53. The largest absolute Gasteiger partial charge is 0.418 e. The summed E-state index contributed by atoms with van der Waals surface area (Å²) in [4.78, 5) is 24.6. The molecule has 3 heterocycles. The molecule has 0 aliphatic rings. The standard InChI is InChI=1S/C23H20F3N7O/c1-33-14-18(12-31-33)32-22-29-10-17(11-30-22)16-6-4-15(5-7-16)9-21(34)28-13-20-19(23(24,25)26)3-2-8-27-20/h2-8,10-12,14H,9,13H2,1H3,(H,28,34)(H,29,30,32). The molecule has 1 aromatic carbocycles. The van der Waals surface area contributed by atoms with Crippen LogP contribution in [-0.4, -0.2) is 30.6 Å². The van der Waals surface area contributed by atoms with Crippen molar-refractivity contribution in [2.24, 2.45) is 7.05 Å². The molecule has 0 atom stereocenters. The van der Waals surface area contributed by atoms with E-state index < -0.39 is 17.6 Å². The number of aryl methyl sites for hydroxylation is 1. The molecule has 8 nitrogen and oxygen atoms in total. The van der Waals surface area contributed by atoms with Crippen LogP contribution in [0.2, 0.25) is 0 Å². The lowest BCUT2D eigenvalue weighted by Crippen LogP contribution is -2.26. The molecule has 4 aromatic rings. The third-order valence-electron chi connectivity index (χ3n) is 4.91. The van der Waals surface area contributed by atoms with Crippen molar-refractivity contribution in [3.05, 3.63) is 84.2 Å². The van der Waals surface area contributed by atoms with E-state index in [2.05, 4.69) is 30.7 Å². The maximum absolute atomic E-state index is 13.1. The van der Waals surface area contributed by atoms with Gasteiger partial charge in [0.2, 0.25) is 11.9 Å². The Bertz CT molecular complexity index is 1270. The van der Waals surface area contributed by atoms with Gasteiger partial charge in [0, 0.05) is 37.4 Å². The zero-order valence-electron chi connectivity index (χ0n) is 18.0. The predicted molar refractivity (Wildman–Crippen MR) is 119 cm³/mol. The summed E-state index contributed by atoms with van der Waals surface area (Å²) in [5.74, 6) is 0.0346. The van der Waals surface area contributed by atoms with Gasteiger partial charge in [-0.15, -0.1) is 0 Å². The summed E-state index contributed by atoms with van der Waals surface area (Å²) in [5.41, 5.74) is 2.07. The molecule has 0 bridgehead atoms. The second-order valence-electron chi connectivity index (χ2n) is 7.47. The number of aromatic nitrogens is 5. The number of alkyl halides is 3. The number of carbonyl (C=O) groups is 1.